The molecule has 0 saturated heterocycles. The number of nitrogens with zero attached hydrogens (tertiary/aromatic N) is 1. The molecule has 3 nitrogen and oxygen atoms in total. The summed E-state index contributed by atoms with van der Waals surface area (Å²) in [5.41, 5.74) is 1.49. The Morgan fingerprint density at radius 1 is 1.54 bits per heavy atom. The van der Waals surface area contributed by atoms with Gasteiger partial charge >= 0.3 is 0 Å². The summed E-state index contributed by atoms with van der Waals surface area (Å²) in [5.74, 6) is 0.0306. The number of nitrogens with one attached hydrogen (secondary N) is 1. The number of fused-ring (bicyclic) bond motifs is 1. The zero-order chi connectivity index (χ0) is 9.42. The van der Waals surface area contributed by atoms with Crippen LogP contribution in [0.2, 0.25) is 0 Å². The first-order valence-electron chi connectivity index (χ1n) is 3.81. The number of carbonyl (C=O) groups excluding carboxylic acids is 1. The number of ketones is 1. The molecule has 0 aliphatic rings. The smallest absolute Gasteiger partial charge is 0.175 e. The highest BCUT2D eigenvalue weighted by Gasteiger charge is 2.06. The van der Waals surface area contributed by atoms with E-state index in [0.717, 1.165) is 15.4 Å². The van der Waals surface area contributed by atoms with E-state index in [0.29, 0.717) is 5.69 Å². The van der Waals surface area contributed by atoms with Gasteiger partial charge in [0.25, 0.3) is 0 Å². The molecule has 0 spiro atoms. The molecule has 0 aliphatic carbocycles. The van der Waals surface area contributed by atoms with E-state index in [1.807, 2.05) is 6.07 Å². The zero-order valence-electron chi connectivity index (χ0n) is 6.97. The fourth-order valence-corrected chi connectivity index (χ4v) is 1.65. The number of H-pyrrole nitrogens is 1. The summed E-state index contributed by atoms with van der Waals surface area (Å²) < 4.78 is 0.897. The predicted octanol–water partition coefficient (Wildman–Crippen LogP) is 2.53. The maximum absolute atomic E-state index is 11.1. The average molecular weight is 239 g/mol. The Kier molecular flexibility index (Phi) is 1.92. The van der Waals surface area contributed by atoms with E-state index in [4.69, 9.17) is 0 Å². The number of rotatable bonds is 1. The van der Waals surface area contributed by atoms with Crippen LogP contribution in [-0.2, 0) is 0 Å². The molecule has 66 valence electrons. The van der Waals surface area contributed by atoms with Crippen LogP contribution in [0.1, 0.15) is 17.4 Å². The minimum absolute atomic E-state index is 0.0306. The first-order valence-corrected chi connectivity index (χ1v) is 4.61. The van der Waals surface area contributed by atoms with E-state index >= 15 is 0 Å². The van der Waals surface area contributed by atoms with Crippen LogP contribution in [-0.4, -0.2) is 15.8 Å². The highest BCUT2D eigenvalue weighted by atomic mass is 79.9. The zero-order valence-corrected chi connectivity index (χ0v) is 8.55. The van der Waals surface area contributed by atoms with E-state index in [1.54, 1.807) is 12.4 Å². The van der Waals surface area contributed by atoms with Crippen molar-refractivity contribution >= 4 is 32.6 Å². The van der Waals surface area contributed by atoms with Gasteiger partial charge < -0.3 is 4.98 Å². The SMILES string of the molecule is CC(=O)c1cc2c(Br)cncc2[nH]1. The van der Waals surface area contributed by atoms with Gasteiger partial charge in [0.2, 0.25) is 0 Å². The molecule has 13 heavy (non-hydrogen) atoms. The summed E-state index contributed by atoms with van der Waals surface area (Å²) in [6.07, 6.45) is 3.41. The van der Waals surface area contributed by atoms with Gasteiger partial charge in [-0.25, -0.2) is 0 Å². The topological polar surface area (TPSA) is 45.8 Å². The van der Waals surface area contributed by atoms with Crippen molar-refractivity contribution in [3.63, 3.8) is 0 Å². The van der Waals surface area contributed by atoms with Crippen molar-refractivity contribution in [2.75, 3.05) is 0 Å². The van der Waals surface area contributed by atoms with Crippen molar-refractivity contribution < 1.29 is 4.79 Å². The van der Waals surface area contributed by atoms with Crippen molar-refractivity contribution in [3.05, 3.63) is 28.6 Å². The van der Waals surface area contributed by atoms with E-state index in [2.05, 4.69) is 25.9 Å². The van der Waals surface area contributed by atoms with E-state index < -0.39 is 0 Å². The molecule has 2 heterocycles. The third kappa shape index (κ3) is 1.37. The lowest BCUT2D eigenvalue weighted by Crippen LogP contribution is -1.89. The predicted molar refractivity (Wildman–Crippen MR) is 53.8 cm³/mol. The summed E-state index contributed by atoms with van der Waals surface area (Å²) in [6, 6.07) is 1.82. The number of aromatic nitrogens is 2. The van der Waals surface area contributed by atoms with Gasteiger partial charge in [0, 0.05) is 23.0 Å². The number of carbonyl (C=O) groups is 1. The fraction of sp³-hybridized carbons (Fsp3) is 0.111. The minimum Gasteiger partial charge on any atom is -0.351 e. The molecule has 0 amide bonds. The van der Waals surface area contributed by atoms with Gasteiger partial charge in [0.15, 0.2) is 5.78 Å². The molecule has 0 saturated carbocycles. The van der Waals surface area contributed by atoms with Crippen LogP contribution in [0.15, 0.2) is 22.9 Å². The molecule has 0 aliphatic heterocycles. The quantitative estimate of drug-likeness (QED) is 0.777. The second-order valence-electron chi connectivity index (χ2n) is 2.82. The molecule has 0 bridgehead atoms. The third-order valence-corrected chi connectivity index (χ3v) is 2.51. The standard InChI is InChI=1S/C9H7BrN2O/c1-5(13)8-2-6-7(10)3-11-4-9(6)12-8/h2-4,12H,1H3. The molecule has 2 aromatic rings. The molecule has 0 fully saturated rings. The molecule has 0 aromatic carbocycles. The van der Waals surface area contributed by atoms with Crippen LogP contribution in [0.4, 0.5) is 0 Å². The minimum atomic E-state index is 0.0306. The molecule has 4 heteroatoms. The molecule has 0 radical (unpaired) electrons. The van der Waals surface area contributed by atoms with Gasteiger partial charge in [-0.1, -0.05) is 0 Å². The number of hydrogen-bond donors (Lipinski definition) is 1. The van der Waals surface area contributed by atoms with E-state index in [9.17, 15) is 4.79 Å². The van der Waals surface area contributed by atoms with Crippen LogP contribution in [0.25, 0.3) is 10.9 Å². The highest BCUT2D eigenvalue weighted by molar-refractivity contribution is 9.10. The maximum atomic E-state index is 11.1. The summed E-state index contributed by atoms with van der Waals surface area (Å²) in [6.45, 7) is 1.53. The molecule has 1 N–H and O–H groups in total. The van der Waals surface area contributed by atoms with Gasteiger partial charge in [-0.05, 0) is 22.0 Å². The second-order valence-corrected chi connectivity index (χ2v) is 3.68. The van der Waals surface area contributed by atoms with Crippen LogP contribution in [0.5, 0.6) is 0 Å². The average Bonchev–Trinajstić information content (AvgIpc) is 2.49. The van der Waals surface area contributed by atoms with Gasteiger partial charge in [0.1, 0.15) is 0 Å². The molecular formula is C9H7BrN2O. The number of halogens is 1. The van der Waals surface area contributed by atoms with Crippen molar-refractivity contribution in [2.45, 2.75) is 6.92 Å². The van der Waals surface area contributed by atoms with Crippen LogP contribution < -0.4 is 0 Å². The van der Waals surface area contributed by atoms with E-state index in [-0.39, 0.29) is 5.78 Å². The largest absolute Gasteiger partial charge is 0.351 e. The van der Waals surface area contributed by atoms with Crippen molar-refractivity contribution in [1.82, 2.24) is 9.97 Å². The Labute approximate surface area is 83.3 Å². The van der Waals surface area contributed by atoms with Crippen molar-refractivity contribution in [2.24, 2.45) is 0 Å². The lowest BCUT2D eigenvalue weighted by atomic mass is 10.3. The Morgan fingerprint density at radius 2 is 2.31 bits per heavy atom. The number of Topliss-reactive ketones (excluding diaryl/α,β-unsaturated/α-hetero) is 1. The Bertz CT molecular complexity index is 475. The van der Waals surface area contributed by atoms with Crippen LogP contribution in [0.3, 0.4) is 0 Å². The molecule has 2 aromatic heterocycles. The maximum Gasteiger partial charge on any atom is 0.175 e. The number of hydrogen-bond acceptors (Lipinski definition) is 2. The summed E-state index contributed by atoms with van der Waals surface area (Å²) in [7, 11) is 0. The fourth-order valence-electron chi connectivity index (χ4n) is 1.21. The summed E-state index contributed by atoms with van der Waals surface area (Å²) in [5, 5.41) is 0.986. The molecule has 2 rings (SSSR count). The molecule has 0 unspecified atom stereocenters. The first-order chi connectivity index (χ1) is 6.18. The lowest BCUT2D eigenvalue weighted by Gasteiger charge is -1.89. The van der Waals surface area contributed by atoms with Gasteiger partial charge in [-0.2, -0.15) is 0 Å². The van der Waals surface area contributed by atoms with Gasteiger partial charge in [0.05, 0.1) is 17.4 Å². The Morgan fingerprint density at radius 3 is 2.92 bits per heavy atom. The highest BCUT2D eigenvalue weighted by Crippen LogP contribution is 2.23. The Balaban J connectivity index is 2.75. The normalized spacial score (nSPS) is 10.6. The van der Waals surface area contributed by atoms with E-state index in [1.165, 1.54) is 6.92 Å². The van der Waals surface area contributed by atoms with Gasteiger partial charge in [-0.15, -0.1) is 0 Å². The molecule has 0 atom stereocenters. The number of pyridine rings is 1. The lowest BCUT2D eigenvalue weighted by molar-refractivity contribution is 0.101. The Hall–Kier alpha value is -1.16. The van der Waals surface area contributed by atoms with Crippen molar-refractivity contribution in [1.29, 1.82) is 0 Å². The summed E-state index contributed by atoms with van der Waals surface area (Å²) >= 11 is 3.37. The van der Waals surface area contributed by atoms with Crippen LogP contribution in [0, 0.1) is 0 Å². The third-order valence-electron chi connectivity index (χ3n) is 1.88. The van der Waals surface area contributed by atoms with Crippen LogP contribution >= 0.6 is 15.9 Å². The summed E-state index contributed by atoms with van der Waals surface area (Å²) in [4.78, 5) is 18.0. The number of aromatic amines is 1. The first kappa shape index (κ1) is 8.44. The van der Waals surface area contributed by atoms with Crippen molar-refractivity contribution in [3.8, 4) is 0 Å². The monoisotopic (exact) mass is 238 g/mol. The second kappa shape index (κ2) is 2.96. The van der Waals surface area contributed by atoms with Gasteiger partial charge in [-0.3, -0.25) is 9.78 Å². The molecular weight excluding hydrogens is 232 g/mol.